The van der Waals surface area contributed by atoms with E-state index in [9.17, 15) is 23.1 Å². The lowest BCUT2D eigenvalue weighted by atomic mass is 9.85. The fourth-order valence-electron chi connectivity index (χ4n) is 3.42. The van der Waals surface area contributed by atoms with Crippen LogP contribution in [0.2, 0.25) is 15.1 Å². The summed E-state index contributed by atoms with van der Waals surface area (Å²) < 4.78 is 28.3. The van der Waals surface area contributed by atoms with E-state index in [4.69, 9.17) is 34.8 Å². The molecule has 0 fully saturated rings. The first-order valence-corrected chi connectivity index (χ1v) is 14.5. The number of hydrogen-bond acceptors (Lipinski definition) is 5. The molecule has 0 aliphatic carbocycles. The van der Waals surface area contributed by atoms with Crippen molar-refractivity contribution >= 4 is 68.0 Å². The average molecular weight is 613 g/mol. The highest BCUT2D eigenvalue weighted by molar-refractivity contribution is 7.89. The van der Waals surface area contributed by atoms with Gasteiger partial charge in [-0.15, -0.1) is 0 Å². The molecule has 0 saturated heterocycles. The molecule has 4 N–H and O–H groups in total. The van der Waals surface area contributed by atoms with Crippen LogP contribution in [0.3, 0.4) is 0 Å². The van der Waals surface area contributed by atoms with Gasteiger partial charge in [-0.1, -0.05) is 53.9 Å². The normalized spacial score (nSPS) is 12.6. The van der Waals surface area contributed by atoms with E-state index in [0.29, 0.717) is 0 Å². The van der Waals surface area contributed by atoms with Crippen LogP contribution in [0.5, 0.6) is 5.75 Å². The second kappa shape index (κ2) is 12.1. The number of benzene rings is 3. The second-order valence-electron chi connectivity index (χ2n) is 9.45. The maximum absolute atomic E-state index is 13.2. The maximum Gasteiger partial charge on any atom is 0.255 e. The van der Waals surface area contributed by atoms with Crippen LogP contribution < -0.4 is 15.4 Å². The summed E-state index contributed by atoms with van der Waals surface area (Å²) in [5, 5.41) is 16.2. The summed E-state index contributed by atoms with van der Waals surface area (Å²) in [6.45, 7) is 6.71. The van der Waals surface area contributed by atoms with Crippen LogP contribution in [0.15, 0.2) is 59.5 Å². The summed E-state index contributed by atoms with van der Waals surface area (Å²) in [6, 6.07) is 12.5. The number of sulfonamides is 1. The molecule has 3 rings (SSSR count). The third kappa shape index (κ3) is 7.23. The molecule has 1 atom stereocenters. The van der Waals surface area contributed by atoms with Crippen LogP contribution in [0, 0.1) is 5.41 Å². The van der Waals surface area contributed by atoms with Gasteiger partial charge in [-0.05, 0) is 69.2 Å². The molecule has 3 aromatic carbocycles. The molecule has 1 unspecified atom stereocenters. The van der Waals surface area contributed by atoms with Gasteiger partial charge in [0.25, 0.3) is 5.91 Å². The number of aryl methyl sites for hydroxylation is 1. The fourth-order valence-corrected chi connectivity index (χ4v) is 5.32. The Kier molecular flexibility index (Phi) is 9.56. The molecule has 0 aliphatic rings. The quantitative estimate of drug-likeness (QED) is 0.205. The summed E-state index contributed by atoms with van der Waals surface area (Å²) >= 11 is 18.2. The highest BCUT2D eigenvalue weighted by Gasteiger charge is 2.37. The van der Waals surface area contributed by atoms with Gasteiger partial charge < -0.3 is 15.7 Å². The predicted molar refractivity (Wildman–Crippen MR) is 156 cm³/mol. The van der Waals surface area contributed by atoms with Gasteiger partial charge in [0.1, 0.15) is 5.75 Å². The third-order valence-corrected chi connectivity index (χ3v) is 9.01. The van der Waals surface area contributed by atoms with Gasteiger partial charge in [0.15, 0.2) is 0 Å². The molecular weight excluding hydrogens is 585 g/mol. The molecular formula is C27H28Cl3N3O5S. The number of phenols is 1. The Balaban J connectivity index is 1.73. The van der Waals surface area contributed by atoms with Crippen LogP contribution in [0.1, 0.15) is 43.6 Å². The van der Waals surface area contributed by atoms with Crippen molar-refractivity contribution in [3.63, 3.8) is 0 Å². The molecule has 2 amide bonds. The molecule has 0 aromatic heterocycles. The van der Waals surface area contributed by atoms with Gasteiger partial charge in [-0.3, -0.25) is 9.59 Å². The molecule has 0 saturated carbocycles. The summed E-state index contributed by atoms with van der Waals surface area (Å²) in [5.41, 5.74) is 0.0583. The summed E-state index contributed by atoms with van der Waals surface area (Å²) in [4.78, 5) is 25.8. The first-order valence-electron chi connectivity index (χ1n) is 11.9. The number of hydrogen-bond donors (Lipinski definition) is 4. The van der Waals surface area contributed by atoms with Crippen molar-refractivity contribution < 1.29 is 23.1 Å². The molecule has 39 heavy (non-hydrogen) atoms. The van der Waals surface area contributed by atoms with E-state index in [0.717, 1.165) is 12.0 Å². The number of rotatable bonds is 9. The van der Waals surface area contributed by atoms with Crippen LogP contribution in [-0.4, -0.2) is 31.4 Å². The van der Waals surface area contributed by atoms with Crippen molar-refractivity contribution in [2.45, 2.75) is 45.1 Å². The van der Waals surface area contributed by atoms with Crippen molar-refractivity contribution in [2.24, 2.45) is 5.41 Å². The Labute approximate surface area is 242 Å². The molecule has 0 spiro atoms. The Hall–Kier alpha value is -2.82. The topological polar surface area (TPSA) is 125 Å². The van der Waals surface area contributed by atoms with Gasteiger partial charge in [0.2, 0.25) is 15.9 Å². The van der Waals surface area contributed by atoms with Gasteiger partial charge in [-0.2, -0.15) is 0 Å². The number of carbonyl (C=O) groups excluding carboxylic acids is 2. The number of anilines is 2. The van der Waals surface area contributed by atoms with E-state index in [1.54, 1.807) is 32.9 Å². The molecule has 12 heteroatoms. The lowest BCUT2D eigenvalue weighted by Gasteiger charge is -2.31. The van der Waals surface area contributed by atoms with Gasteiger partial charge >= 0.3 is 0 Å². The van der Waals surface area contributed by atoms with E-state index in [-0.39, 0.29) is 42.7 Å². The smallest absolute Gasteiger partial charge is 0.255 e. The predicted octanol–water partition coefficient (Wildman–Crippen LogP) is 6.50. The zero-order valence-corrected chi connectivity index (χ0v) is 24.7. The lowest BCUT2D eigenvalue weighted by molar-refractivity contribution is -0.124. The van der Waals surface area contributed by atoms with E-state index in [2.05, 4.69) is 15.4 Å². The van der Waals surface area contributed by atoms with Crippen LogP contribution >= 0.6 is 34.8 Å². The first-order chi connectivity index (χ1) is 18.1. The minimum absolute atomic E-state index is 0.00329. The number of aromatic hydroxyl groups is 1. The van der Waals surface area contributed by atoms with Crippen molar-refractivity contribution in [1.82, 2.24) is 4.72 Å². The van der Waals surface area contributed by atoms with E-state index < -0.39 is 33.3 Å². The molecule has 0 bridgehead atoms. The Morgan fingerprint density at radius 2 is 1.54 bits per heavy atom. The summed E-state index contributed by atoms with van der Waals surface area (Å²) in [6.07, 6.45) is 0.778. The highest BCUT2D eigenvalue weighted by atomic mass is 35.5. The van der Waals surface area contributed by atoms with Gasteiger partial charge in [-0.25, -0.2) is 13.1 Å². The standard InChI is InChI=1S/C27H28Cl3N3O5S/c1-5-16-6-9-18(10-7-16)39(37,38)33-15(2)27(3,4)26(36)32-22-14-24(34)23(13-21(22)30)31-25(35)17-8-11-19(28)20(29)12-17/h6-15,33-34H,5H2,1-4H3,(H,31,35)(H,32,36). The maximum atomic E-state index is 13.2. The minimum Gasteiger partial charge on any atom is -0.506 e. The number of phenolic OH excluding ortho intramolecular Hbond substituents is 1. The molecule has 0 heterocycles. The number of carbonyl (C=O) groups is 2. The van der Waals surface area contributed by atoms with Crippen molar-refractivity contribution in [1.29, 1.82) is 0 Å². The van der Waals surface area contributed by atoms with Gasteiger partial charge in [0, 0.05) is 17.7 Å². The van der Waals surface area contributed by atoms with Crippen molar-refractivity contribution in [2.75, 3.05) is 10.6 Å². The largest absolute Gasteiger partial charge is 0.506 e. The molecule has 8 nitrogen and oxygen atoms in total. The van der Waals surface area contributed by atoms with Crippen molar-refractivity contribution in [3.05, 3.63) is 80.8 Å². The Bertz CT molecular complexity index is 1510. The SMILES string of the molecule is CCc1ccc(S(=O)(=O)NC(C)C(C)(C)C(=O)Nc2cc(O)c(NC(=O)c3ccc(Cl)c(Cl)c3)cc2Cl)cc1. The minimum atomic E-state index is -3.89. The third-order valence-electron chi connectivity index (χ3n) is 6.41. The molecule has 0 radical (unpaired) electrons. The Morgan fingerprint density at radius 3 is 2.13 bits per heavy atom. The first kappa shape index (κ1) is 30.7. The lowest BCUT2D eigenvalue weighted by Crippen LogP contribution is -2.49. The van der Waals surface area contributed by atoms with E-state index in [1.165, 1.54) is 42.5 Å². The zero-order chi connectivity index (χ0) is 29.1. The fraction of sp³-hybridized carbons (Fsp3) is 0.259. The summed E-state index contributed by atoms with van der Waals surface area (Å²) in [5.74, 6) is -1.47. The second-order valence-corrected chi connectivity index (χ2v) is 12.4. The van der Waals surface area contributed by atoms with E-state index in [1.807, 2.05) is 6.92 Å². The highest BCUT2D eigenvalue weighted by Crippen LogP contribution is 2.36. The van der Waals surface area contributed by atoms with Crippen LogP contribution in [-0.2, 0) is 21.2 Å². The monoisotopic (exact) mass is 611 g/mol. The van der Waals surface area contributed by atoms with Crippen LogP contribution in [0.4, 0.5) is 11.4 Å². The zero-order valence-electron chi connectivity index (χ0n) is 21.6. The Morgan fingerprint density at radius 1 is 0.897 bits per heavy atom. The van der Waals surface area contributed by atoms with Crippen LogP contribution in [0.25, 0.3) is 0 Å². The summed E-state index contributed by atoms with van der Waals surface area (Å²) in [7, 11) is -3.89. The van der Waals surface area contributed by atoms with Gasteiger partial charge in [0.05, 0.1) is 36.8 Å². The molecule has 3 aromatic rings. The van der Waals surface area contributed by atoms with E-state index >= 15 is 0 Å². The van der Waals surface area contributed by atoms with Crippen molar-refractivity contribution in [3.8, 4) is 5.75 Å². The average Bonchev–Trinajstić information content (AvgIpc) is 2.88. The molecule has 208 valence electrons. The molecule has 0 aliphatic heterocycles. The number of amides is 2. The number of halogens is 3. The number of nitrogens with one attached hydrogen (secondary N) is 3.